The van der Waals surface area contributed by atoms with Gasteiger partial charge in [-0.3, -0.25) is 9.59 Å². The summed E-state index contributed by atoms with van der Waals surface area (Å²) >= 11 is 1.59. The van der Waals surface area contributed by atoms with E-state index in [-0.39, 0.29) is 18.2 Å². The summed E-state index contributed by atoms with van der Waals surface area (Å²) in [6.07, 6.45) is 2.42. The molecule has 0 saturated carbocycles. The third-order valence-corrected chi connectivity index (χ3v) is 4.00. The van der Waals surface area contributed by atoms with Crippen LogP contribution in [0.15, 0.2) is 16.8 Å². The molecule has 1 fully saturated rings. The largest absolute Gasteiger partial charge is 0.481 e. The minimum absolute atomic E-state index is 0.114. The summed E-state index contributed by atoms with van der Waals surface area (Å²) in [7, 11) is 0. The highest BCUT2D eigenvalue weighted by Gasteiger charge is 2.25. The monoisotopic (exact) mass is 267 g/mol. The van der Waals surface area contributed by atoms with Gasteiger partial charge in [-0.25, -0.2) is 0 Å². The molecule has 1 aliphatic rings. The Labute approximate surface area is 110 Å². The summed E-state index contributed by atoms with van der Waals surface area (Å²) in [5, 5.41) is 12.7. The minimum atomic E-state index is -0.771. The summed E-state index contributed by atoms with van der Waals surface area (Å²) in [5.41, 5.74) is 1.05. The number of piperidine rings is 1. The number of nitrogens with zero attached hydrogens (tertiary/aromatic N) is 1. The van der Waals surface area contributed by atoms with Crippen molar-refractivity contribution in [2.45, 2.75) is 25.7 Å². The molecule has 1 atom stereocenters. The number of hydrogen-bond donors (Lipinski definition) is 1. The molecular formula is C13H17NO3S. The number of thiophene rings is 1. The van der Waals surface area contributed by atoms with E-state index in [0.29, 0.717) is 13.0 Å². The molecule has 1 N–H and O–H groups in total. The molecule has 18 heavy (non-hydrogen) atoms. The van der Waals surface area contributed by atoms with E-state index in [1.54, 1.807) is 11.3 Å². The van der Waals surface area contributed by atoms with Crippen LogP contribution in [0.3, 0.4) is 0 Å². The fourth-order valence-corrected chi connectivity index (χ4v) is 3.05. The Hall–Kier alpha value is -1.36. The van der Waals surface area contributed by atoms with Crippen LogP contribution in [0.4, 0.5) is 0 Å². The number of carbonyl (C=O) groups excluding carboxylic acids is 1. The van der Waals surface area contributed by atoms with Crippen LogP contribution in [0, 0.1) is 5.92 Å². The van der Waals surface area contributed by atoms with Crippen LogP contribution in [-0.2, 0) is 16.0 Å². The zero-order chi connectivity index (χ0) is 13.0. The topological polar surface area (TPSA) is 57.6 Å². The third kappa shape index (κ3) is 3.57. The fraction of sp³-hybridized carbons (Fsp3) is 0.538. The van der Waals surface area contributed by atoms with Gasteiger partial charge < -0.3 is 10.0 Å². The molecule has 1 amide bonds. The molecule has 0 aliphatic carbocycles. The third-order valence-electron chi connectivity index (χ3n) is 3.27. The van der Waals surface area contributed by atoms with Crippen LogP contribution >= 0.6 is 11.3 Å². The van der Waals surface area contributed by atoms with E-state index < -0.39 is 5.97 Å². The van der Waals surface area contributed by atoms with Crippen LogP contribution in [0.25, 0.3) is 0 Å². The smallest absolute Gasteiger partial charge is 0.303 e. The quantitative estimate of drug-likeness (QED) is 0.907. The lowest BCUT2D eigenvalue weighted by molar-refractivity contribution is -0.140. The summed E-state index contributed by atoms with van der Waals surface area (Å²) in [6, 6.07) is 1.96. The molecule has 1 aromatic heterocycles. The first kappa shape index (κ1) is 13.1. The molecule has 0 aromatic carbocycles. The van der Waals surface area contributed by atoms with Gasteiger partial charge in [0.15, 0.2) is 0 Å². The van der Waals surface area contributed by atoms with Gasteiger partial charge in [0.05, 0.1) is 6.42 Å². The van der Waals surface area contributed by atoms with E-state index in [1.165, 1.54) is 0 Å². The molecule has 1 aliphatic heterocycles. The summed E-state index contributed by atoms with van der Waals surface area (Å²) in [4.78, 5) is 24.6. The minimum Gasteiger partial charge on any atom is -0.481 e. The Bertz CT molecular complexity index is 416. The molecule has 0 spiro atoms. The van der Waals surface area contributed by atoms with Crippen molar-refractivity contribution in [2.75, 3.05) is 13.1 Å². The lowest BCUT2D eigenvalue weighted by atomic mass is 9.94. The van der Waals surface area contributed by atoms with Gasteiger partial charge in [0.25, 0.3) is 0 Å². The van der Waals surface area contributed by atoms with Gasteiger partial charge in [-0.15, -0.1) is 0 Å². The zero-order valence-corrected chi connectivity index (χ0v) is 11.0. The fourth-order valence-electron chi connectivity index (χ4n) is 2.38. The Balaban J connectivity index is 1.88. The molecule has 2 heterocycles. The second kappa shape index (κ2) is 6.00. The summed E-state index contributed by atoms with van der Waals surface area (Å²) in [5.74, 6) is -0.543. The van der Waals surface area contributed by atoms with Crippen LogP contribution in [0.2, 0.25) is 0 Å². The average Bonchev–Trinajstić information content (AvgIpc) is 2.81. The number of likely N-dealkylation sites (tertiary alicyclic amines) is 1. The van der Waals surface area contributed by atoms with Crippen molar-refractivity contribution >= 4 is 23.2 Å². The molecular weight excluding hydrogens is 250 g/mol. The normalized spacial score (nSPS) is 19.8. The Morgan fingerprint density at radius 2 is 2.33 bits per heavy atom. The van der Waals surface area contributed by atoms with Crippen LogP contribution in [0.1, 0.15) is 24.8 Å². The molecule has 98 valence electrons. The van der Waals surface area contributed by atoms with Gasteiger partial charge in [0, 0.05) is 19.5 Å². The Kier molecular flexibility index (Phi) is 4.36. The molecule has 5 heteroatoms. The first-order chi connectivity index (χ1) is 8.65. The lowest BCUT2D eigenvalue weighted by Crippen LogP contribution is -2.41. The first-order valence-corrected chi connectivity index (χ1v) is 7.10. The number of carbonyl (C=O) groups is 2. The van der Waals surface area contributed by atoms with E-state index in [1.807, 2.05) is 21.7 Å². The molecule has 0 bridgehead atoms. The number of aliphatic carboxylic acids is 1. The highest BCUT2D eigenvalue weighted by atomic mass is 32.1. The second-order valence-electron chi connectivity index (χ2n) is 4.75. The molecule has 1 saturated heterocycles. The van der Waals surface area contributed by atoms with Crippen LogP contribution < -0.4 is 0 Å². The van der Waals surface area contributed by atoms with Crippen LogP contribution in [0.5, 0.6) is 0 Å². The molecule has 2 rings (SSSR count). The maximum Gasteiger partial charge on any atom is 0.303 e. The second-order valence-corrected chi connectivity index (χ2v) is 5.53. The lowest BCUT2D eigenvalue weighted by Gasteiger charge is -2.32. The number of amides is 1. The number of hydrogen-bond acceptors (Lipinski definition) is 3. The number of carboxylic acid groups (broad SMARTS) is 1. The van der Waals surface area contributed by atoms with Crippen LogP contribution in [-0.4, -0.2) is 35.0 Å². The van der Waals surface area contributed by atoms with E-state index in [9.17, 15) is 9.59 Å². The first-order valence-electron chi connectivity index (χ1n) is 6.16. The van der Waals surface area contributed by atoms with Gasteiger partial charge in [0.2, 0.25) is 5.91 Å². The maximum absolute atomic E-state index is 12.1. The van der Waals surface area contributed by atoms with Crippen molar-refractivity contribution in [3.63, 3.8) is 0 Å². The summed E-state index contributed by atoms with van der Waals surface area (Å²) in [6.45, 7) is 1.36. The SMILES string of the molecule is O=C(O)CC1CCCN(C(=O)Cc2ccsc2)C1. The van der Waals surface area contributed by atoms with Gasteiger partial charge in [-0.1, -0.05) is 0 Å². The van der Waals surface area contributed by atoms with E-state index in [2.05, 4.69) is 0 Å². The highest BCUT2D eigenvalue weighted by molar-refractivity contribution is 7.07. The van der Waals surface area contributed by atoms with E-state index in [0.717, 1.165) is 24.9 Å². The molecule has 1 aromatic rings. The highest BCUT2D eigenvalue weighted by Crippen LogP contribution is 2.20. The van der Waals surface area contributed by atoms with E-state index >= 15 is 0 Å². The van der Waals surface area contributed by atoms with E-state index in [4.69, 9.17) is 5.11 Å². The van der Waals surface area contributed by atoms with Crippen molar-refractivity contribution in [3.05, 3.63) is 22.4 Å². The Morgan fingerprint density at radius 3 is 3.00 bits per heavy atom. The number of rotatable bonds is 4. The predicted octanol–water partition coefficient (Wildman–Crippen LogP) is 2.00. The molecule has 1 unspecified atom stereocenters. The number of carboxylic acids is 1. The van der Waals surface area contributed by atoms with Crippen molar-refractivity contribution in [1.29, 1.82) is 0 Å². The van der Waals surface area contributed by atoms with Crippen molar-refractivity contribution < 1.29 is 14.7 Å². The zero-order valence-electron chi connectivity index (χ0n) is 10.2. The molecule has 0 radical (unpaired) electrons. The predicted molar refractivity (Wildman–Crippen MR) is 69.6 cm³/mol. The Morgan fingerprint density at radius 1 is 1.50 bits per heavy atom. The maximum atomic E-state index is 12.1. The van der Waals surface area contributed by atoms with Crippen molar-refractivity contribution in [3.8, 4) is 0 Å². The van der Waals surface area contributed by atoms with Gasteiger partial charge in [-0.05, 0) is 41.1 Å². The van der Waals surface area contributed by atoms with Gasteiger partial charge in [-0.2, -0.15) is 11.3 Å². The van der Waals surface area contributed by atoms with Crippen molar-refractivity contribution in [2.24, 2.45) is 5.92 Å². The van der Waals surface area contributed by atoms with Gasteiger partial charge in [0.1, 0.15) is 0 Å². The summed E-state index contributed by atoms with van der Waals surface area (Å²) < 4.78 is 0. The molecule has 4 nitrogen and oxygen atoms in total. The standard InChI is InChI=1S/C13H17NO3S/c15-12(6-11-3-5-18-9-11)14-4-1-2-10(8-14)7-13(16)17/h3,5,9-10H,1-2,4,6-8H2,(H,16,17). The van der Waals surface area contributed by atoms with Gasteiger partial charge >= 0.3 is 5.97 Å². The van der Waals surface area contributed by atoms with Crippen molar-refractivity contribution in [1.82, 2.24) is 4.90 Å². The average molecular weight is 267 g/mol.